The molecule has 26 heavy (non-hydrogen) atoms. The fraction of sp³-hybridized carbons (Fsp3) is 0.619. The van der Waals surface area contributed by atoms with E-state index in [1.165, 1.54) is 0 Å². The number of rotatable bonds is 4. The van der Waals surface area contributed by atoms with E-state index in [0.29, 0.717) is 18.5 Å². The van der Waals surface area contributed by atoms with Crippen LogP contribution in [0.25, 0.3) is 0 Å². The first kappa shape index (κ1) is 18.7. The lowest BCUT2D eigenvalue weighted by Crippen LogP contribution is -2.55. The zero-order chi connectivity index (χ0) is 18.7. The van der Waals surface area contributed by atoms with Gasteiger partial charge in [-0.05, 0) is 50.3 Å². The van der Waals surface area contributed by atoms with E-state index >= 15 is 0 Å². The van der Waals surface area contributed by atoms with Gasteiger partial charge in [0.25, 0.3) is 5.91 Å². The number of carbonyl (C=O) groups excluding carboxylic acids is 2. The van der Waals surface area contributed by atoms with Gasteiger partial charge in [0.1, 0.15) is 5.75 Å². The molecule has 0 radical (unpaired) electrons. The van der Waals surface area contributed by atoms with Crippen molar-refractivity contribution in [2.24, 2.45) is 5.41 Å². The number of piperidine rings is 2. The molecule has 0 aliphatic carbocycles. The molecule has 2 fully saturated rings. The number of hydrogen-bond donors (Lipinski definition) is 1. The number of nitrogens with zero attached hydrogens (tertiary/aromatic N) is 2. The van der Waals surface area contributed by atoms with Gasteiger partial charge in [0.15, 0.2) is 0 Å². The number of phenolic OH excluding ortho intramolecular Hbond substituents is 1. The molecule has 2 aliphatic heterocycles. The molecular formula is C21H30N2O3. The number of benzene rings is 1. The van der Waals surface area contributed by atoms with Crippen molar-refractivity contribution in [1.82, 2.24) is 9.80 Å². The van der Waals surface area contributed by atoms with E-state index in [9.17, 15) is 14.7 Å². The molecule has 5 heteroatoms. The number of aryl methyl sites for hydroxylation is 1. The summed E-state index contributed by atoms with van der Waals surface area (Å²) in [4.78, 5) is 29.1. The first-order chi connectivity index (χ1) is 12.4. The predicted molar refractivity (Wildman–Crippen MR) is 101 cm³/mol. The van der Waals surface area contributed by atoms with Gasteiger partial charge in [-0.1, -0.05) is 19.4 Å². The van der Waals surface area contributed by atoms with Crippen LogP contribution in [0.4, 0.5) is 0 Å². The molecule has 2 aliphatic rings. The van der Waals surface area contributed by atoms with Gasteiger partial charge in [-0.25, -0.2) is 0 Å². The second-order valence-corrected chi connectivity index (χ2v) is 8.02. The molecule has 0 aromatic heterocycles. The third-order valence-electron chi connectivity index (χ3n) is 5.86. The minimum absolute atomic E-state index is 0.00980. The van der Waals surface area contributed by atoms with Crippen molar-refractivity contribution in [2.45, 2.75) is 52.4 Å². The van der Waals surface area contributed by atoms with Crippen LogP contribution in [0.5, 0.6) is 5.75 Å². The molecule has 1 aromatic carbocycles. The van der Waals surface area contributed by atoms with Crippen LogP contribution in [0.2, 0.25) is 0 Å². The number of likely N-dealkylation sites (tertiary alicyclic amines) is 2. The molecular weight excluding hydrogens is 328 g/mol. The van der Waals surface area contributed by atoms with E-state index in [0.717, 1.165) is 57.3 Å². The van der Waals surface area contributed by atoms with Gasteiger partial charge >= 0.3 is 0 Å². The normalized spacial score (nSPS) is 23.5. The number of hydrogen-bond acceptors (Lipinski definition) is 3. The van der Waals surface area contributed by atoms with Crippen LogP contribution in [0.3, 0.4) is 0 Å². The van der Waals surface area contributed by atoms with Crippen LogP contribution in [0.1, 0.15) is 61.4 Å². The fourth-order valence-electron chi connectivity index (χ4n) is 4.36. The first-order valence-corrected chi connectivity index (χ1v) is 9.81. The average molecular weight is 358 g/mol. The summed E-state index contributed by atoms with van der Waals surface area (Å²) in [6.07, 6.45) is 5.57. The summed E-state index contributed by atoms with van der Waals surface area (Å²) >= 11 is 0. The van der Waals surface area contributed by atoms with Gasteiger partial charge in [0, 0.05) is 38.0 Å². The van der Waals surface area contributed by atoms with E-state index in [-0.39, 0.29) is 23.0 Å². The summed E-state index contributed by atoms with van der Waals surface area (Å²) < 4.78 is 0. The SMILES string of the molecule is CCCCN1C[C@@]2(CCCN(C(=O)c3ccc(C)cc3O)C2)CCC1=O. The van der Waals surface area contributed by atoms with Crippen LogP contribution in [-0.2, 0) is 4.79 Å². The second-order valence-electron chi connectivity index (χ2n) is 8.02. The van der Waals surface area contributed by atoms with E-state index in [1.54, 1.807) is 12.1 Å². The van der Waals surface area contributed by atoms with Crippen molar-refractivity contribution in [3.8, 4) is 5.75 Å². The van der Waals surface area contributed by atoms with Crippen LogP contribution in [0, 0.1) is 12.3 Å². The lowest BCUT2D eigenvalue weighted by atomic mass is 9.73. The van der Waals surface area contributed by atoms with Gasteiger partial charge in [0.2, 0.25) is 5.91 Å². The van der Waals surface area contributed by atoms with Crippen LogP contribution in [0.15, 0.2) is 18.2 Å². The van der Waals surface area contributed by atoms with Gasteiger partial charge < -0.3 is 14.9 Å². The first-order valence-electron chi connectivity index (χ1n) is 9.81. The molecule has 1 spiro atoms. The number of unbranched alkanes of at least 4 members (excludes halogenated alkanes) is 1. The minimum Gasteiger partial charge on any atom is -0.507 e. The Hall–Kier alpha value is -2.04. The maximum atomic E-state index is 13.0. The molecule has 2 saturated heterocycles. The quantitative estimate of drug-likeness (QED) is 0.898. The summed E-state index contributed by atoms with van der Waals surface area (Å²) in [7, 11) is 0. The molecule has 0 saturated carbocycles. The molecule has 142 valence electrons. The summed E-state index contributed by atoms with van der Waals surface area (Å²) in [5, 5.41) is 10.2. The number of phenols is 1. The Morgan fingerprint density at radius 3 is 2.81 bits per heavy atom. The highest BCUT2D eigenvalue weighted by Gasteiger charge is 2.42. The Balaban J connectivity index is 1.74. The molecule has 0 bridgehead atoms. The topological polar surface area (TPSA) is 60.9 Å². The predicted octanol–water partition coefficient (Wildman–Crippen LogP) is 3.35. The smallest absolute Gasteiger partial charge is 0.257 e. The Bertz CT molecular complexity index is 688. The van der Waals surface area contributed by atoms with E-state index in [1.807, 2.05) is 22.8 Å². The Morgan fingerprint density at radius 2 is 2.08 bits per heavy atom. The monoisotopic (exact) mass is 358 g/mol. The molecule has 2 amide bonds. The number of aromatic hydroxyl groups is 1. The Labute approximate surface area is 156 Å². The van der Waals surface area contributed by atoms with Crippen LogP contribution in [-0.4, -0.2) is 52.9 Å². The minimum atomic E-state index is -0.0985. The van der Waals surface area contributed by atoms with Gasteiger partial charge in [-0.3, -0.25) is 9.59 Å². The van der Waals surface area contributed by atoms with Crippen LogP contribution >= 0.6 is 0 Å². The molecule has 3 rings (SSSR count). The molecule has 2 heterocycles. The summed E-state index contributed by atoms with van der Waals surface area (Å²) in [5.41, 5.74) is 1.32. The number of amides is 2. The van der Waals surface area contributed by atoms with Crippen molar-refractivity contribution in [3.63, 3.8) is 0 Å². The maximum Gasteiger partial charge on any atom is 0.257 e. The Morgan fingerprint density at radius 1 is 1.27 bits per heavy atom. The second kappa shape index (κ2) is 7.68. The Kier molecular flexibility index (Phi) is 5.54. The molecule has 1 atom stereocenters. The van der Waals surface area contributed by atoms with Crippen molar-refractivity contribution < 1.29 is 14.7 Å². The molecule has 0 unspecified atom stereocenters. The zero-order valence-corrected chi connectivity index (χ0v) is 16.0. The highest BCUT2D eigenvalue weighted by Crippen LogP contribution is 2.39. The van der Waals surface area contributed by atoms with Crippen molar-refractivity contribution in [1.29, 1.82) is 0 Å². The van der Waals surface area contributed by atoms with Gasteiger partial charge in [-0.15, -0.1) is 0 Å². The lowest BCUT2D eigenvalue weighted by molar-refractivity contribution is -0.139. The standard InChI is InChI=1S/C21H30N2O3/c1-3-4-11-22-14-21(10-8-19(22)25)9-5-12-23(15-21)20(26)17-7-6-16(2)13-18(17)24/h6-7,13,24H,3-5,8-12,14-15H2,1-2H3/t21-/m1/s1. The zero-order valence-electron chi connectivity index (χ0n) is 16.0. The number of carbonyl (C=O) groups is 2. The largest absolute Gasteiger partial charge is 0.507 e. The van der Waals surface area contributed by atoms with E-state index in [4.69, 9.17) is 0 Å². The molecule has 5 nitrogen and oxygen atoms in total. The summed E-state index contributed by atoms with van der Waals surface area (Å²) in [5.74, 6) is 0.209. The third kappa shape index (κ3) is 3.87. The summed E-state index contributed by atoms with van der Waals surface area (Å²) in [6.45, 7) is 7.01. The van der Waals surface area contributed by atoms with Crippen molar-refractivity contribution in [3.05, 3.63) is 29.3 Å². The van der Waals surface area contributed by atoms with Crippen molar-refractivity contribution in [2.75, 3.05) is 26.2 Å². The van der Waals surface area contributed by atoms with Gasteiger partial charge in [0.05, 0.1) is 5.56 Å². The highest BCUT2D eigenvalue weighted by molar-refractivity contribution is 5.97. The van der Waals surface area contributed by atoms with E-state index < -0.39 is 0 Å². The summed E-state index contributed by atoms with van der Waals surface area (Å²) in [6, 6.07) is 5.21. The van der Waals surface area contributed by atoms with Crippen LogP contribution < -0.4 is 0 Å². The van der Waals surface area contributed by atoms with Crippen molar-refractivity contribution >= 4 is 11.8 Å². The lowest BCUT2D eigenvalue weighted by Gasteiger charge is -2.48. The highest BCUT2D eigenvalue weighted by atomic mass is 16.3. The molecule has 1 N–H and O–H groups in total. The molecule has 1 aromatic rings. The van der Waals surface area contributed by atoms with E-state index in [2.05, 4.69) is 6.92 Å². The third-order valence-corrected chi connectivity index (χ3v) is 5.86. The fourth-order valence-corrected chi connectivity index (χ4v) is 4.36. The van der Waals surface area contributed by atoms with Gasteiger partial charge in [-0.2, -0.15) is 0 Å². The average Bonchev–Trinajstić information content (AvgIpc) is 2.62. The maximum absolute atomic E-state index is 13.0.